The maximum absolute atomic E-state index is 14.0. The fourth-order valence-corrected chi connectivity index (χ4v) is 5.22. The number of nitrogens with zero attached hydrogens (tertiary/aromatic N) is 4. The Hall–Kier alpha value is -3.73. The number of imide groups is 1. The van der Waals surface area contributed by atoms with E-state index < -0.39 is 41.6 Å². The molecule has 2 fully saturated rings. The van der Waals surface area contributed by atoms with Crippen molar-refractivity contribution in [1.82, 2.24) is 20.1 Å². The molecule has 0 bridgehead atoms. The van der Waals surface area contributed by atoms with Crippen molar-refractivity contribution in [2.45, 2.75) is 31.2 Å². The van der Waals surface area contributed by atoms with Crippen LogP contribution in [0.4, 0.5) is 18.4 Å². The molecule has 5 rings (SSSR count). The van der Waals surface area contributed by atoms with Crippen LogP contribution in [0.3, 0.4) is 0 Å². The first-order chi connectivity index (χ1) is 17.9. The van der Waals surface area contributed by atoms with Crippen LogP contribution in [0, 0.1) is 17.6 Å². The van der Waals surface area contributed by atoms with Gasteiger partial charge >= 0.3 is 18.0 Å². The second-order valence-corrected chi connectivity index (χ2v) is 9.42. The number of rotatable bonds is 6. The number of ether oxygens (including phenoxy) is 1. The number of cyclic esters (lactones) is 1. The fraction of sp³-hybridized carbons (Fsp3) is 0.423. The minimum Gasteiger partial charge on any atom is -0.459 e. The van der Waals surface area contributed by atoms with Gasteiger partial charge in [0.05, 0.1) is 11.8 Å². The third-order valence-electron chi connectivity index (χ3n) is 7.14. The second-order valence-electron chi connectivity index (χ2n) is 9.42. The van der Waals surface area contributed by atoms with E-state index in [4.69, 9.17) is 4.74 Å². The first-order valence-electron chi connectivity index (χ1n) is 12.4. The molecule has 2 aromatic rings. The third-order valence-corrected chi connectivity index (χ3v) is 7.14. The van der Waals surface area contributed by atoms with Crippen molar-refractivity contribution >= 4 is 23.7 Å². The highest BCUT2D eigenvalue weighted by molar-refractivity contribution is 6.15. The Morgan fingerprint density at radius 3 is 2.65 bits per heavy atom. The molecule has 0 saturated carbocycles. The summed E-state index contributed by atoms with van der Waals surface area (Å²) in [6, 6.07) is 6.19. The average Bonchev–Trinajstić information content (AvgIpc) is 3.28. The van der Waals surface area contributed by atoms with E-state index in [2.05, 4.69) is 26.3 Å². The summed E-state index contributed by atoms with van der Waals surface area (Å²) in [7, 11) is 0. The molecule has 194 valence electrons. The number of piperidine rings is 1. The molecule has 3 aliphatic heterocycles. The number of hydrogen-bond acceptors (Lipinski definition) is 6. The molecule has 11 heteroatoms. The number of aromatic nitrogens is 1. The minimum atomic E-state index is -1.18. The molecule has 3 aliphatic rings. The van der Waals surface area contributed by atoms with Gasteiger partial charge in [-0.2, -0.15) is 4.99 Å². The predicted molar refractivity (Wildman–Crippen MR) is 129 cm³/mol. The predicted octanol–water partition coefficient (Wildman–Crippen LogP) is 3.43. The Bertz CT molecular complexity index is 1220. The number of pyridine rings is 1. The van der Waals surface area contributed by atoms with Gasteiger partial charge in [-0.05, 0) is 68.7 Å². The molecule has 1 aromatic heterocycles. The van der Waals surface area contributed by atoms with Gasteiger partial charge in [0.2, 0.25) is 0 Å². The van der Waals surface area contributed by atoms with Gasteiger partial charge in [0.25, 0.3) is 0 Å². The number of esters is 1. The number of likely N-dealkylation sites (tertiary alicyclic amines) is 1. The molecular formula is C26H27F2N5O4. The van der Waals surface area contributed by atoms with Crippen molar-refractivity contribution in [3.05, 3.63) is 65.5 Å². The Kier molecular flexibility index (Phi) is 7.22. The Balaban J connectivity index is 1.19. The maximum atomic E-state index is 14.0. The zero-order valence-corrected chi connectivity index (χ0v) is 20.1. The van der Waals surface area contributed by atoms with Crippen LogP contribution in [-0.2, 0) is 9.53 Å². The van der Waals surface area contributed by atoms with Gasteiger partial charge in [0.1, 0.15) is 12.5 Å². The summed E-state index contributed by atoms with van der Waals surface area (Å²) in [6.45, 7) is 2.74. The summed E-state index contributed by atoms with van der Waals surface area (Å²) in [6.07, 6.45) is 4.49. The van der Waals surface area contributed by atoms with Crippen LogP contribution >= 0.6 is 0 Å². The number of nitrogens with one attached hydrogen (secondary N) is 1. The third kappa shape index (κ3) is 5.22. The second kappa shape index (κ2) is 10.7. The summed E-state index contributed by atoms with van der Waals surface area (Å²) in [5.41, 5.74) is 1.39. The number of urea groups is 2. The molecule has 4 amide bonds. The Morgan fingerprint density at radius 1 is 1.11 bits per heavy atom. The molecule has 0 radical (unpaired) electrons. The smallest absolute Gasteiger partial charge is 0.352 e. The van der Waals surface area contributed by atoms with Crippen molar-refractivity contribution in [2.75, 3.05) is 32.8 Å². The van der Waals surface area contributed by atoms with Gasteiger partial charge in [-0.15, -0.1) is 0 Å². The lowest BCUT2D eigenvalue weighted by Crippen LogP contribution is -2.52. The molecule has 9 nitrogen and oxygen atoms in total. The van der Waals surface area contributed by atoms with E-state index in [9.17, 15) is 23.2 Å². The van der Waals surface area contributed by atoms with E-state index >= 15 is 0 Å². The number of fused-ring (bicyclic) bond motifs is 1. The van der Waals surface area contributed by atoms with Gasteiger partial charge in [-0.3, -0.25) is 9.78 Å². The fourth-order valence-electron chi connectivity index (χ4n) is 5.22. The molecule has 2 saturated heterocycles. The number of amides is 4. The normalized spacial score (nSPS) is 22.4. The van der Waals surface area contributed by atoms with E-state index in [-0.39, 0.29) is 17.9 Å². The van der Waals surface area contributed by atoms with Crippen LogP contribution in [0.25, 0.3) is 0 Å². The quantitative estimate of drug-likeness (QED) is 0.471. The van der Waals surface area contributed by atoms with Crippen LogP contribution < -0.4 is 5.32 Å². The lowest BCUT2D eigenvalue weighted by atomic mass is 9.88. The van der Waals surface area contributed by atoms with Crippen LogP contribution in [-0.4, -0.2) is 71.3 Å². The van der Waals surface area contributed by atoms with Crippen LogP contribution in [0.15, 0.2) is 47.6 Å². The highest BCUT2D eigenvalue weighted by Crippen LogP contribution is 2.38. The summed E-state index contributed by atoms with van der Waals surface area (Å²) in [5.74, 6) is -3.51. The lowest BCUT2D eigenvalue weighted by molar-refractivity contribution is -0.142. The van der Waals surface area contributed by atoms with Gasteiger partial charge in [0, 0.05) is 24.4 Å². The highest BCUT2D eigenvalue weighted by Gasteiger charge is 2.50. The molecule has 1 aromatic carbocycles. The Labute approximate surface area is 212 Å². The molecule has 37 heavy (non-hydrogen) atoms. The van der Waals surface area contributed by atoms with E-state index in [1.165, 1.54) is 6.07 Å². The number of halogens is 2. The van der Waals surface area contributed by atoms with Crippen molar-refractivity contribution in [3.63, 3.8) is 0 Å². The van der Waals surface area contributed by atoms with Crippen molar-refractivity contribution in [1.29, 1.82) is 0 Å². The summed E-state index contributed by atoms with van der Waals surface area (Å²) < 4.78 is 32.6. The average molecular weight is 512 g/mol. The number of benzene rings is 1. The van der Waals surface area contributed by atoms with Gasteiger partial charge in [0.15, 0.2) is 11.6 Å². The number of aliphatic imine (C=N–C) groups is 1. The van der Waals surface area contributed by atoms with Crippen LogP contribution in [0.2, 0.25) is 0 Å². The largest absolute Gasteiger partial charge is 0.459 e. The maximum Gasteiger partial charge on any atom is 0.352 e. The zero-order valence-electron chi connectivity index (χ0n) is 20.1. The van der Waals surface area contributed by atoms with Crippen molar-refractivity contribution in [2.24, 2.45) is 10.9 Å². The number of hydrogen-bond donors (Lipinski definition) is 1. The van der Waals surface area contributed by atoms with Crippen LogP contribution in [0.5, 0.6) is 0 Å². The molecule has 0 aliphatic carbocycles. The Morgan fingerprint density at radius 2 is 1.92 bits per heavy atom. The van der Waals surface area contributed by atoms with E-state index in [0.29, 0.717) is 18.9 Å². The molecule has 4 heterocycles. The zero-order chi connectivity index (χ0) is 25.9. The standard InChI is InChI=1S/C26H27F2N5O4/c27-18-6-5-17(14-19(18)28)23-22-21(15-37-24(22)34)31-26(36)33(23)25(35)30-10-3-11-32-12-7-16(8-13-32)20-4-1-2-9-29-20/h1-2,4-6,9,14,16,22-23H,3,7-8,10-13,15H2,(H,30,35). The lowest BCUT2D eigenvalue weighted by Gasteiger charge is -2.35. The monoisotopic (exact) mass is 511 g/mol. The van der Waals surface area contributed by atoms with E-state index in [0.717, 1.165) is 55.2 Å². The molecule has 0 spiro atoms. The topological polar surface area (TPSA) is 104 Å². The molecule has 2 unspecified atom stereocenters. The summed E-state index contributed by atoms with van der Waals surface area (Å²) >= 11 is 0. The first-order valence-corrected chi connectivity index (χ1v) is 12.4. The van der Waals surface area contributed by atoms with E-state index in [1.54, 1.807) is 0 Å². The summed E-state index contributed by atoms with van der Waals surface area (Å²) in [4.78, 5) is 49.7. The van der Waals surface area contributed by atoms with Gasteiger partial charge in [-0.25, -0.2) is 23.3 Å². The van der Waals surface area contributed by atoms with E-state index in [1.807, 2.05) is 18.3 Å². The molecule has 2 atom stereocenters. The minimum absolute atomic E-state index is 0.106. The SMILES string of the molecule is O=C1OCC2=NC(=O)N(C(=O)NCCCN3CCC(c4ccccn4)CC3)C(c3ccc(F)c(F)c3)C12. The van der Waals surface area contributed by atoms with Crippen molar-refractivity contribution in [3.8, 4) is 0 Å². The van der Waals surface area contributed by atoms with Crippen molar-refractivity contribution < 1.29 is 27.9 Å². The van der Waals surface area contributed by atoms with Crippen LogP contribution in [0.1, 0.15) is 42.5 Å². The number of carbonyl (C=O) groups excluding carboxylic acids is 3. The highest BCUT2D eigenvalue weighted by atomic mass is 19.2. The van der Waals surface area contributed by atoms with Gasteiger partial charge in [-0.1, -0.05) is 12.1 Å². The number of carbonyl (C=O) groups is 3. The first kappa shape index (κ1) is 24.9. The molecule has 1 N–H and O–H groups in total. The van der Waals surface area contributed by atoms with Gasteiger partial charge < -0.3 is 15.0 Å². The summed E-state index contributed by atoms with van der Waals surface area (Å²) in [5, 5.41) is 2.72. The molecular weight excluding hydrogens is 484 g/mol.